The van der Waals surface area contributed by atoms with Crippen LogP contribution in [0.25, 0.3) is 0 Å². The van der Waals surface area contributed by atoms with Gasteiger partial charge in [0.15, 0.2) is 0 Å². The quantitative estimate of drug-likeness (QED) is 0.851. The summed E-state index contributed by atoms with van der Waals surface area (Å²) in [5, 5.41) is 8.53. The first-order chi connectivity index (χ1) is 11.0. The summed E-state index contributed by atoms with van der Waals surface area (Å²) in [4.78, 5) is 16.4. The van der Waals surface area contributed by atoms with Gasteiger partial charge in [0.25, 0.3) is 0 Å². The first-order valence-corrected chi connectivity index (χ1v) is 8.08. The van der Waals surface area contributed by atoms with Crippen LogP contribution >= 0.6 is 11.3 Å². The average Bonchev–Trinajstić information content (AvgIpc) is 2.97. The van der Waals surface area contributed by atoms with Gasteiger partial charge in [0, 0.05) is 16.6 Å². The summed E-state index contributed by atoms with van der Waals surface area (Å²) in [5.74, 6) is 1.42. The summed E-state index contributed by atoms with van der Waals surface area (Å²) in [5.41, 5.74) is 1.81. The third kappa shape index (κ3) is 4.59. The van der Waals surface area contributed by atoms with Gasteiger partial charge in [-0.05, 0) is 32.0 Å². The number of urea groups is 1. The fourth-order valence-corrected chi connectivity index (χ4v) is 2.85. The van der Waals surface area contributed by atoms with Crippen LogP contribution in [0.4, 0.5) is 4.79 Å². The molecule has 23 heavy (non-hydrogen) atoms. The fourth-order valence-electron chi connectivity index (χ4n) is 2.14. The van der Waals surface area contributed by atoms with Crippen molar-refractivity contribution in [3.8, 4) is 11.5 Å². The van der Waals surface area contributed by atoms with E-state index in [-0.39, 0.29) is 12.1 Å². The molecule has 0 radical (unpaired) electrons. The van der Waals surface area contributed by atoms with Gasteiger partial charge < -0.3 is 20.1 Å². The van der Waals surface area contributed by atoms with Crippen molar-refractivity contribution in [2.24, 2.45) is 0 Å². The van der Waals surface area contributed by atoms with Crippen molar-refractivity contribution in [3.63, 3.8) is 0 Å². The highest BCUT2D eigenvalue weighted by molar-refractivity contribution is 7.09. The first-order valence-electron chi connectivity index (χ1n) is 7.20. The molecule has 1 aromatic carbocycles. The highest BCUT2D eigenvalue weighted by Crippen LogP contribution is 2.29. The van der Waals surface area contributed by atoms with Crippen molar-refractivity contribution < 1.29 is 14.3 Å². The Morgan fingerprint density at radius 1 is 1.35 bits per heavy atom. The number of hydrogen-bond acceptors (Lipinski definition) is 5. The molecule has 1 atom stereocenters. The van der Waals surface area contributed by atoms with Crippen LogP contribution in [-0.4, -0.2) is 25.2 Å². The van der Waals surface area contributed by atoms with Crippen molar-refractivity contribution >= 4 is 17.4 Å². The van der Waals surface area contributed by atoms with E-state index in [4.69, 9.17) is 9.47 Å². The monoisotopic (exact) mass is 335 g/mol. The molecule has 6 nitrogen and oxygen atoms in total. The zero-order valence-electron chi connectivity index (χ0n) is 13.7. The summed E-state index contributed by atoms with van der Waals surface area (Å²) in [6.07, 6.45) is 0. The van der Waals surface area contributed by atoms with E-state index in [1.54, 1.807) is 14.2 Å². The van der Waals surface area contributed by atoms with Gasteiger partial charge in [0.05, 0.1) is 26.8 Å². The molecular formula is C16H21N3O3S. The van der Waals surface area contributed by atoms with Gasteiger partial charge in [-0.1, -0.05) is 0 Å². The second kappa shape index (κ2) is 7.82. The van der Waals surface area contributed by atoms with E-state index in [1.807, 2.05) is 37.4 Å². The lowest BCUT2D eigenvalue weighted by Gasteiger charge is -2.18. The van der Waals surface area contributed by atoms with Crippen molar-refractivity contribution in [3.05, 3.63) is 39.8 Å². The minimum absolute atomic E-state index is 0.224. The molecule has 2 N–H and O–H groups in total. The summed E-state index contributed by atoms with van der Waals surface area (Å²) in [6.45, 7) is 4.23. The molecule has 0 aliphatic heterocycles. The van der Waals surface area contributed by atoms with Crippen molar-refractivity contribution in [2.75, 3.05) is 14.2 Å². The Morgan fingerprint density at radius 2 is 2.13 bits per heavy atom. The predicted octanol–water partition coefficient (Wildman–Crippen LogP) is 3.03. The number of nitrogens with zero attached hydrogens (tertiary/aromatic N) is 1. The van der Waals surface area contributed by atoms with Gasteiger partial charge in [-0.25, -0.2) is 9.78 Å². The van der Waals surface area contributed by atoms with Crippen molar-refractivity contribution in [1.29, 1.82) is 0 Å². The third-order valence-corrected chi connectivity index (χ3v) is 4.28. The fraction of sp³-hybridized carbons (Fsp3) is 0.375. The Morgan fingerprint density at radius 3 is 2.74 bits per heavy atom. The molecule has 0 unspecified atom stereocenters. The van der Waals surface area contributed by atoms with E-state index < -0.39 is 0 Å². The normalized spacial score (nSPS) is 11.7. The van der Waals surface area contributed by atoms with Crippen molar-refractivity contribution in [1.82, 2.24) is 15.6 Å². The van der Waals surface area contributed by atoms with E-state index in [1.165, 1.54) is 11.3 Å². The number of rotatable bonds is 6. The molecule has 0 spiro atoms. The Bertz CT molecular complexity index is 672. The third-order valence-electron chi connectivity index (χ3n) is 3.32. The number of amides is 2. The maximum Gasteiger partial charge on any atom is 0.315 e. The van der Waals surface area contributed by atoms with E-state index in [2.05, 4.69) is 15.6 Å². The number of benzene rings is 1. The molecular weight excluding hydrogens is 314 g/mol. The topological polar surface area (TPSA) is 72.5 Å². The lowest BCUT2D eigenvalue weighted by atomic mass is 10.1. The van der Waals surface area contributed by atoms with Crippen LogP contribution < -0.4 is 20.1 Å². The Hall–Kier alpha value is -2.28. The number of methoxy groups -OCH3 is 2. The van der Waals surface area contributed by atoms with Crippen LogP contribution in [0.2, 0.25) is 0 Å². The molecule has 7 heteroatoms. The number of hydrogen-bond donors (Lipinski definition) is 2. The number of thiazole rings is 1. The van der Waals surface area contributed by atoms with Crippen LogP contribution in [0, 0.1) is 6.92 Å². The van der Waals surface area contributed by atoms with Gasteiger partial charge in [-0.2, -0.15) is 0 Å². The first kappa shape index (κ1) is 17.1. The molecule has 2 amide bonds. The van der Waals surface area contributed by atoms with Crippen molar-refractivity contribution in [2.45, 2.75) is 26.4 Å². The van der Waals surface area contributed by atoms with Crippen LogP contribution in [0.1, 0.15) is 29.2 Å². The summed E-state index contributed by atoms with van der Waals surface area (Å²) in [7, 11) is 3.20. The van der Waals surface area contributed by atoms with Gasteiger partial charge in [-0.3, -0.25) is 0 Å². The van der Waals surface area contributed by atoms with E-state index in [0.29, 0.717) is 18.0 Å². The lowest BCUT2D eigenvalue weighted by molar-refractivity contribution is 0.237. The smallest absolute Gasteiger partial charge is 0.315 e. The second-order valence-electron chi connectivity index (χ2n) is 5.04. The van der Waals surface area contributed by atoms with Crippen LogP contribution in [0.15, 0.2) is 23.6 Å². The SMILES string of the molecule is COc1ccc(OC)c([C@@H](C)NC(=O)NCc2nc(C)cs2)c1. The summed E-state index contributed by atoms with van der Waals surface area (Å²) < 4.78 is 10.6. The zero-order chi connectivity index (χ0) is 16.8. The average molecular weight is 335 g/mol. The maximum absolute atomic E-state index is 12.0. The summed E-state index contributed by atoms with van der Waals surface area (Å²) in [6, 6.07) is 5.02. The van der Waals surface area contributed by atoms with Crippen LogP contribution in [-0.2, 0) is 6.54 Å². The van der Waals surface area contributed by atoms with Gasteiger partial charge in [0.1, 0.15) is 16.5 Å². The molecule has 2 aromatic rings. The van der Waals surface area contributed by atoms with Gasteiger partial charge in [0.2, 0.25) is 0 Å². The molecule has 0 aliphatic rings. The molecule has 0 bridgehead atoms. The van der Waals surface area contributed by atoms with Gasteiger partial charge >= 0.3 is 6.03 Å². The lowest BCUT2D eigenvalue weighted by Crippen LogP contribution is -2.36. The van der Waals surface area contributed by atoms with E-state index in [0.717, 1.165) is 16.3 Å². The Kier molecular flexibility index (Phi) is 5.81. The standard InChI is InChI=1S/C16H21N3O3S/c1-10-9-23-15(18-10)8-17-16(20)19-11(2)13-7-12(21-3)5-6-14(13)22-4/h5-7,9,11H,8H2,1-4H3,(H2,17,19,20)/t11-/m1/s1. The zero-order valence-corrected chi connectivity index (χ0v) is 14.5. The predicted molar refractivity (Wildman–Crippen MR) is 90.2 cm³/mol. The second-order valence-corrected chi connectivity index (χ2v) is 5.98. The molecule has 2 rings (SSSR count). The van der Waals surface area contributed by atoms with Crippen LogP contribution in [0.5, 0.6) is 11.5 Å². The number of aromatic nitrogens is 1. The van der Waals surface area contributed by atoms with E-state index in [9.17, 15) is 4.79 Å². The number of nitrogens with one attached hydrogen (secondary N) is 2. The number of ether oxygens (including phenoxy) is 2. The largest absolute Gasteiger partial charge is 0.497 e. The molecule has 124 valence electrons. The minimum atomic E-state index is -0.254. The highest BCUT2D eigenvalue weighted by atomic mass is 32.1. The van der Waals surface area contributed by atoms with E-state index >= 15 is 0 Å². The Balaban J connectivity index is 1.97. The number of aryl methyl sites for hydroxylation is 1. The van der Waals surface area contributed by atoms with Crippen LogP contribution in [0.3, 0.4) is 0 Å². The molecule has 1 aromatic heterocycles. The molecule has 0 saturated carbocycles. The molecule has 0 aliphatic carbocycles. The maximum atomic E-state index is 12.0. The summed E-state index contributed by atoms with van der Waals surface area (Å²) >= 11 is 1.53. The molecule has 1 heterocycles. The molecule has 0 saturated heterocycles. The highest BCUT2D eigenvalue weighted by Gasteiger charge is 2.15. The number of carbonyl (C=O) groups excluding carboxylic acids is 1. The Labute approximate surface area is 139 Å². The number of carbonyl (C=O) groups is 1. The van der Waals surface area contributed by atoms with Gasteiger partial charge in [-0.15, -0.1) is 11.3 Å². The minimum Gasteiger partial charge on any atom is -0.497 e. The molecule has 0 fully saturated rings.